The van der Waals surface area contributed by atoms with Gasteiger partial charge in [0, 0.05) is 11.1 Å². The highest BCUT2D eigenvalue weighted by atomic mass is 16.6. The topological polar surface area (TPSA) is 89.5 Å². The van der Waals surface area contributed by atoms with Gasteiger partial charge in [-0.2, -0.15) is 0 Å². The summed E-state index contributed by atoms with van der Waals surface area (Å²) in [5.74, 6) is 0.145. The fourth-order valence-electron chi connectivity index (χ4n) is 5.60. The van der Waals surface area contributed by atoms with Gasteiger partial charge >= 0.3 is 11.9 Å². The van der Waals surface area contributed by atoms with Crippen LogP contribution in [0.15, 0.2) is 49.6 Å². The molecule has 0 saturated heterocycles. The van der Waals surface area contributed by atoms with Crippen molar-refractivity contribution < 1.29 is 38.0 Å². The van der Waals surface area contributed by atoms with Gasteiger partial charge in [0.2, 0.25) is 0 Å². The predicted octanol–water partition coefficient (Wildman–Crippen LogP) is 8.46. The van der Waals surface area contributed by atoms with Gasteiger partial charge in [0.05, 0.1) is 39.6 Å². The van der Waals surface area contributed by atoms with E-state index < -0.39 is 23.1 Å². The number of carbonyl (C=O) groups excluding carboxylic acids is 2. The third-order valence-electron chi connectivity index (χ3n) is 7.33. The van der Waals surface area contributed by atoms with Crippen LogP contribution in [0.2, 0.25) is 0 Å². The summed E-state index contributed by atoms with van der Waals surface area (Å²) in [5, 5.41) is 0. The van der Waals surface area contributed by atoms with Crippen LogP contribution in [-0.2, 0) is 9.47 Å². The molecule has 8 nitrogen and oxygen atoms in total. The number of benzene rings is 2. The molecule has 8 heteroatoms. The molecule has 2 rings (SSSR count). The first-order valence-electron chi connectivity index (χ1n) is 14.5. The average molecular weight is 611 g/mol. The molecule has 0 unspecified atom stereocenters. The smallest absolute Gasteiger partial charge is 0.338 e. The fourth-order valence-corrected chi connectivity index (χ4v) is 5.60. The number of allylic oxidation sites excluding steroid dienone is 2. The van der Waals surface area contributed by atoms with E-state index in [1.807, 2.05) is 67.5 Å². The molecule has 0 N–H and O–H groups in total. The summed E-state index contributed by atoms with van der Waals surface area (Å²) >= 11 is 0. The average Bonchev–Trinajstić information content (AvgIpc) is 2.93. The van der Waals surface area contributed by atoms with Crippen molar-refractivity contribution in [3.05, 3.63) is 60.7 Å². The normalized spacial score (nSPS) is 12.2. The van der Waals surface area contributed by atoms with Gasteiger partial charge in [-0.25, -0.2) is 9.59 Å². The van der Waals surface area contributed by atoms with E-state index in [9.17, 15) is 9.59 Å². The summed E-state index contributed by atoms with van der Waals surface area (Å²) in [6.07, 6.45) is 4.81. The van der Waals surface area contributed by atoms with E-state index in [0.717, 1.165) is 0 Å². The summed E-state index contributed by atoms with van der Waals surface area (Å²) in [4.78, 5) is 27.1. The number of esters is 2. The maximum absolute atomic E-state index is 13.6. The molecule has 44 heavy (non-hydrogen) atoms. The first kappa shape index (κ1) is 36.3. The number of hydrogen-bond acceptors (Lipinski definition) is 8. The Kier molecular flexibility index (Phi) is 11.4. The van der Waals surface area contributed by atoms with Crippen LogP contribution < -0.4 is 18.9 Å². The molecule has 0 aromatic heterocycles. The lowest BCUT2D eigenvalue weighted by atomic mass is 9.82. The van der Waals surface area contributed by atoms with Crippen LogP contribution in [0, 0.1) is 10.8 Å². The molecule has 0 saturated carbocycles. The van der Waals surface area contributed by atoms with Crippen molar-refractivity contribution in [2.45, 2.75) is 79.4 Å². The first-order valence-corrected chi connectivity index (χ1v) is 14.5. The highest BCUT2D eigenvalue weighted by Gasteiger charge is 2.33. The Morgan fingerprint density at radius 3 is 1.16 bits per heavy atom. The monoisotopic (exact) mass is 610 g/mol. The number of carbonyl (C=O) groups is 2. The molecule has 0 bridgehead atoms. The summed E-state index contributed by atoms with van der Waals surface area (Å²) in [5.41, 5.74) is -0.768. The Labute approximate surface area is 263 Å². The molecule has 0 aliphatic heterocycles. The van der Waals surface area contributed by atoms with Crippen LogP contribution in [0.4, 0.5) is 0 Å². The second-order valence-corrected chi connectivity index (χ2v) is 13.6. The SMILES string of the molecule is C=CC(C)(C)CC(C)(C)OC(=O)c1cc(OC)c(OC)c(-c2cc(C(=O)OC(C)(C)CC(C)(C)C=C)cc(OC)c2OC)c1. The van der Waals surface area contributed by atoms with Gasteiger partial charge in [-0.15, -0.1) is 13.2 Å². The molecular weight excluding hydrogens is 560 g/mol. The molecule has 0 aliphatic rings. The molecule has 0 amide bonds. The zero-order valence-corrected chi connectivity index (χ0v) is 28.6. The van der Waals surface area contributed by atoms with E-state index in [0.29, 0.717) is 47.0 Å². The highest BCUT2D eigenvalue weighted by Crippen LogP contribution is 2.47. The van der Waals surface area contributed by atoms with E-state index >= 15 is 0 Å². The number of hydrogen-bond donors (Lipinski definition) is 0. The van der Waals surface area contributed by atoms with Gasteiger partial charge in [-0.05, 0) is 75.6 Å². The second kappa shape index (κ2) is 13.8. The van der Waals surface area contributed by atoms with E-state index in [-0.39, 0.29) is 22.0 Å². The summed E-state index contributed by atoms with van der Waals surface area (Å²) in [6.45, 7) is 23.4. The maximum atomic E-state index is 13.6. The zero-order valence-electron chi connectivity index (χ0n) is 28.6. The van der Waals surface area contributed by atoms with Crippen molar-refractivity contribution in [2.75, 3.05) is 28.4 Å². The second-order valence-electron chi connectivity index (χ2n) is 13.6. The Morgan fingerprint density at radius 1 is 0.591 bits per heavy atom. The lowest BCUT2D eigenvalue weighted by Gasteiger charge is -2.33. The van der Waals surface area contributed by atoms with Crippen molar-refractivity contribution >= 4 is 11.9 Å². The lowest BCUT2D eigenvalue weighted by molar-refractivity contribution is -0.0163. The summed E-state index contributed by atoms with van der Waals surface area (Å²) in [7, 11) is 5.94. The van der Waals surface area contributed by atoms with Crippen molar-refractivity contribution in [1.82, 2.24) is 0 Å². The van der Waals surface area contributed by atoms with E-state index in [2.05, 4.69) is 13.2 Å². The molecule has 0 heterocycles. The van der Waals surface area contributed by atoms with Crippen LogP contribution in [0.1, 0.15) is 88.9 Å². The van der Waals surface area contributed by atoms with Crippen molar-refractivity contribution in [3.8, 4) is 34.1 Å². The molecule has 0 spiro atoms. The third kappa shape index (κ3) is 9.04. The molecule has 2 aromatic rings. The van der Waals surface area contributed by atoms with Gasteiger partial charge < -0.3 is 28.4 Å². The summed E-state index contributed by atoms with van der Waals surface area (Å²) < 4.78 is 34.7. The minimum absolute atomic E-state index is 0.226. The van der Waals surface area contributed by atoms with E-state index in [4.69, 9.17) is 28.4 Å². The van der Waals surface area contributed by atoms with Gasteiger partial charge in [-0.1, -0.05) is 39.8 Å². The standard InChI is InChI=1S/C36H50O8/c1-15-33(3,4)21-35(7,8)43-31(37)23-17-25(29(41-13)27(19-23)39-11)26-18-24(20-28(40-12)30(26)42-14)32(38)44-36(9,10)22-34(5,6)16-2/h15-20H,1-2,21-22H2,3-14H3. The van der Waals surface area contributed by atoms with Gasteiger partial charge in [0.1, 0.15) is 11.2 Å². The molecule has 242 valence electrons. The van der Waals surface area contributed by atoms with Gasteiger partial charge in [0.15, 0.2) is 23.0 Å². The lowest BCUT2D eigenvalue weighted by Crippen LogP contribution is -2.33. The molecule has 2 aromatic carbocycles. The first-order chi connectivity index (χ1) is 20.3. The van der Waals surface area contributed by atoms with Crippen molar-refractivity contribution in [2.24, 2.45) is 10.8 Å². The minimum Gasteiger partial charge on any atom is -0.493 e. The molecular formula is C36H50O8. The predicted molar refractivity (Wildman–Crippen MR) is 174 cm³/mol. The minimum atomic E-state index is -0.792. The van der Waals surface area contributed by atoms with Crippen molar-refractivity contribution in [3.63, 3.8) is 0 Å². The van der Waals surface area contributed by atoms with Crippen LogP contribution in [0.25, 0.3) is 11.1 Å². The van der Waals surface area contributed by atoms with Gasteiger partial charge in [-0.3, -0.25) is 0 Å². The van der Waals surface area contributed by atoms with Crippen LogP contribution in [-0.4, -0.2) is 51.6 Å². The molecule has 0 aliphatic carbocycles. The number of rotatable bonds is 15. The fraction of sp³-hybridized carbons (Fsp3) is 0.500. The zero-order chi connectivity index (χ0) is 33.7. The van der Waals surface area contributed by atoms with Crippen LogP contribution in [0.3, 0.4) is 0 Å². The van der Waals surface area contributed by atoms with E-state index in [1.54, 1.807) is 24.3 Å². The van der Waals surface area contributed by atoms with Crippen LogP contribution >= 0.6 is 0 Å². The maximum Gasteiger partial charge on any atom is 0.338 e. The number of ether oxygens (including phenoxy) is 6. The Morgan fingerprint density at radius 2 is 0.909 bits per heavy atom. The third-order valence-corrected chi connectivity index (χ3v) is 7.33. The van der Waals surface area contributed by atoms with E-state index in [1.165, 1.54) is 28.4 Å². The highest BCUT2D eigenvalue weighted by molar-refractivity contribution is 5.97. The quantitative estimate of drug-likeness (QED) is 0.147. The molecule has 0 radical (unpaired) electrons. The Bertz CT molecular complexity index is 1280. The Balaban J connectivity index is 2.72. The molecule has 0 atom stereocenters. The summed E-state index contributed by atoms with van der Waals surface area (Å²) in [6, 6.07) is 6.37. The molecule has 0 fully saturated rings. The van der Waals surface area contributed by atoms with Crippen molar-refractivity contribution in [1.29, 1.82) is 0 Å². The number of methoxy groups -OCH3 is 4. The Hall–Kier alpha value is -3.94. The largest absolute Gasteiger partial charge is 0.493 e. The van der Waals surface area contributed by atoms with Gasteiger partial charge in [0.25, 0.3) is 0 Å². The van der Waals surface area contributed by atoms with Crippen LogP contribution in [0.5, 0.6) is 23.0 Å².